The van der Waals surface area contributed by atoms with Gasteiger partial charge in [0.2, 0.25) is 0 Å². The maximum absolute atomic E-state index is 13.6. The van der Waals surface area contributed by atoms with Crippen molar-refractivity contribution in [3.63, 3.8) is 0 Å². The average Bonchev–Trinajstić information content (AvgIpc) is 3.23. The summed E-state index contributed by atoms with van der Waals surface area (Å²) in [5.74, 6) is -0.116. The lowest BCUT2D eigenvalue weighted by molar-refractivity contribution is 0.215. The molecule has 2 aliphatic heterocycles. The molecule has 1 fully saturated rings. The number of aryl methyl sites for hydroxylation is 1. The Hall–Kier alpha value is -1.56. The first-order valence-corrected chi connectivity index (χ1v) is 9.96. The van der Waals surface area contributed by atoms with E-state index in [4.69, 9.17) is 0 Å². The Morgan fingerprint density at radius 1 is 1.08 bits per heavy atom. The summed E-state index contributed by atoms with van der Waals surface area (Å²) in [5, 5.41) is 3.45. The first kappa shape index (κ1) is 15.7. The van der Waals surface area contributed by atoms with Gasteiger partial charge in [0.1, 0.15) is 11.3 Å². The number of rotatable bonds is 2. The van der Waals surface area contributed by atoms with Gasteiger partial charge in [0.25, 0.3) is 0 Å². The van der Waals surface area contributed by atoms with E-state index in [9.17, 15) is 4.39 Å². The number of nitrogens with zero attached hydrogens (tertiary/aromatic N) is 2. The van der Waals surface area contributed by atoms with Crippen LogP contribution in [-0.2, 0) is 6.42 Å². The number of benzene rings is 2. The van der Waals surface area contributed by atoms with Crippen molar-refractivity contribution in [3.05, 3.63) is 59.4 Å². The molecule has 0 bridgehead atoms. The summed E-state index contributed by atoms with van der Waals surface area (Å²) in [7, 11) is 0. The van der Waals surface area contributed by atoms with E-state index in [1.807, 2.05) is 17.8 Å². The summed E-state index contributed by atoms with van der Waals surface area (Å²) in [6.07, 6.45) is 2.03. The first-order chi connectivity index (χ1) is 12.3. The molecule has 3 nitrogen and oxygen atoms in total. The van der Waals surface area contributed by atoms with Crippen LogP contribution in [0.15, 0.2) is 47.4 Å². The molecule has 2 aromatic carbocycles. The summed E-state index contributed by atoms with van der Waals surface area (Å²) in [5.41, 5.74) is 4.15. The summed E-state index contributed by atoms with van der Waals surface area (Å²) >= 11 is 1.97. The fourth-order valence-corrected chi connectivity index (χ4v) is 5.80. The Morgan fingerprint density at radius 3 is 2.80 bits per heavy atom. The summed E-state index contributed by atoms with van der Waals surface area (Å²) < 4.78 is 13.6. The molecule has 5 heteroatoms. The van der Waals surface area contributed by atoms with Crippen LogP contribution >= 0.6 is 11.8 Å². The van der Waals surface area contributed by atoms with Crippen LogP contribution in [0, 0.1) is 5.82 Å². The minimum absolute atomic E-state index is 0.116. The van der Waals surface area contributed by atoms with Crippen molar-refractivity contribution in [2.75, 3.05) is 31.1 Å². The fourth-order valence-electron chi connectivity index (χ4n) is 4.39. The molecule has 1 aliphatic carbocycles. The van der Waals surface area contributed by atoms with Crippen molar-refractivity contribution in [1.82, 2.24) is 10.2 Å². The van der Waals surface area contributed by atoms with Crippen LogP contribution in [0.25, 0.3) is 0 Å². The zero-order chi connectivity index (χ0) is 16.8. The SMILES string of the molecule is Fc1ccc2c(c1)CCC2N1c2ccccc2S[C@@H]1N1CCNCC1. The standard InChI is InChI=1S/C20H22FN3S/c21-15-6-7-16-14(13-15)5-8-17(16)24-18-3-1-2-4-19(18)25-20(24)23-11-9-22-10-12-23/h1-4,6-7,13,17,20,22H,5,8-12H2/t17?,20-/m1/s1. The van der Waals surface area contributed by atoms with Gasteiger partial charge in [-0.3, -0.25) is 4.90 Å². The van der Waals surface area contributed by atoms with Crippen LogP contribution in [0.4, 0.5) is 10.1 Å². The normalized spacial score (nSPS) is 25.9. The maximum atomic E-state index is 13.6. The molecule has 5 rings (SSSR count). The van der Waals surface area contributed by atoms with Crippen LogP contribution in [0.3, 0.4) is 0 Å². The number of hydrogen-bond acceptors (Lipinski definition) is 4. The molecule has 2 aromatic rings. The molecule has 0 saturated carbocycles. The van der Waals surface area contributed by atoms with Gasteiger partial charge in [0.05, 0.1) is 11.7 Å². The van der Waals surface area contributed by atoms with Gasteiger partial charge in [-0.2, -0.15) is 0 Å². The Kier molecular flexibility index (Phi) is 3.95. The third-order valence-electron chi connectivity index (χ3n) is 5.56. The van der Waals surface area contributed by atoms with Crippen LogP contribution in [0.1, 0.15) is 23.6 Å². The number of nitrogens with one attached hydrogen (secondary N) is 1. The number of fused-ring (bicyclic) bond motifs is 2. The third-order valence-corrected chi connectivity index (χ3v) is 6.90. The molecule has 0 spiro atoms. The van der Waals surface area contributed by atoms with Crippen molar-refractivity contribution in [2.24, 2.45) is 0 Å². The van der Waals surface area contributed by atoms with Gasteiger partial charge >= 0.3 is 0 Å². The zero-order valence-corrected chi connectivity index (χ0v) is 14.9. The van der Waals surface area contributed by atoms with Crippen LogP contribution < -0.4 is 10.2 Å². The number of halogens is 1. The van der Waals surface area contributed by atoms with E-state index in [1.54, 1.807) is 12.1 Å². The molecular formula is C20H22FN3S. The molecule has 130 valence electrons. The second kappa shape index (κ2) is 6.31. The van der Waals surface area contributed by atoms with Crippen molar-refractivity contribution >= 4 is 17.4 Å². The van der Waals surface area contributed by atoms with E-state index >= 15 is 0 Å². The van der Waals surface area contributed by atoms with Crippen LogP contribution in [0.2, 0.25) is 0 Å². The lowest BCUT2D eigenvalue weighted by atomic mass is 10.1. The average molecular weight is 355 g/mol. The Labute approximate surface area is 152 Å². The summed E-state index contributed by atoms with van der Waals surface area (Å²) in [6, 6.07) is 14.4. The highest BCUT2D eigenvalue weighted by Crippen LogP contribution is 2.51. The summed E-state index contributed by atoms with van der Waals surface area (Å²) in [6.45, 7) is 4.25. The van der Waals surface area contributed by atoms with Crippen LogP contribution in [0.5, 0.6) is 0 Å². The zero-order valence-electron chi connectivity index (χ0n) is 14.1. The lowest BCUT2D eigenvalue weighted by Crippen LogP contribution is -2.53. The maximum Gasteiger partial charge on any atom is 0.136 e. The molecule has 3 aliphatic rings. The smallest absolute Gasteiger partial charge is 0.136 e. The second-order valence-corrected chi connectivity index (χ2v) is 8.10. The largest absolute Gasteiger partial charge is 0.339 e. The quantitative estimate of drug-likeness (QED) is 0.887. The number of anilines is 1. The predicted molar refractivity (Wildman–Crippen MR) is 100 cm³/mol. The van der Waals surface area contributed by atoms with Gasteiger partial charge in [0, 0.05) is 31.1 Å². The first-order valence-electron chi connectivity index (χ1n) is 9.08. The minimum atomic E-state index is -0.116. The Morgan fingerprint density at radius 2 is 1.92 bits per heavy atom. The van der Waals surface area contributed by atoms with E-state index in [0.717, 1.165) is 39.0 Å². The molecule has 0 radical (unpaired) electrons. The van der Waals surface area contributed by atoms with Crippen LogP contribution in [-0.4, -0.2) is 36.6 Å². The van der Waals surface area contributed by atoms with Gasteiger partial charge in [-0.25, -0.2) is 4.39 Å². The van der Waals surface area contributed by atoms with Crippen molar-refractivity contribution < 1.29 is 4.39 Å². The molecule has 2 atom stereocenters. The Bertz CT molecular complexity index is 790. The number of piperazine rings is 1. The third kappa shape index (κ3) is 2.65. The van der Waals surface area contributed by atoms with Gasteiger partial charge in [0.15, 0.2) is 0 Å². The van der Waals surface area contributed by atoms with E-state index in [-0.39, 0.29) is 5.82 Å². The van der Waals surface area contributed by atoms with Gasteiger partial charge in [-0.15, -0.1) is 0 Å². The van der Waals surface area contributed by atoms with Crippen molar-refractivity contribution in [3.8, 4) is 0 Å². The van der Waals surface area contributed by atoms with E-state index in [1.165, 1.54) is 21.7 Å². The number of hydrogen-bond donors (Lipinski definition) is 1. The molecule has 1 saturated heterocycles. The van der Waals surface area contributed by atoms with Gasteiger partial charge < -0.3 is 10.2 Å². The Balaban J connectivity index is 1.54. The second-order valence-electron chi connectivity index (χ2n) is 7.00. The van der Waals surface area contributed by atoms with E-state index in [2.05, 4.69) is 39.4 Å². The molecule has 25 heavy (non-hydrogen) atoms. The minimum Gasteiger partial charge on any atom is -0.339 e. The monoisotopic (exact) mass is 355 g/mol. The van der Waals surface area contributed by atoms with Gasteiger partial charge in [-0.05, 0) is 48.2 Å². The predicted octanol–water partition coefficient (Wildman–Crippen LogP) is 3.61. The molecule has 1 unspecified atom stereocenters. The molecule has 2 heterocycles. The van der Waals surface area contributed by atoms with Crippen molar-refractivity contribution in [2.45, 2.75) is 29.3 Å². The lowest BCUT2D eigenvalue weighted by Gasteiger charge is -2.41. The topological polar surface area (TPSA) is 18.5 Å². The highest BCUT2D eigenvalue weighted by atomic mass is 32.2. The van der Waals surface area contributed by atoms with E-state index < -0.39 is 0 Å². The van der Waals surface area contributed by atoms with Crippen molar-refractivity contribution in [1.29, 1.82) is 0 Å². The molecule has 0 aromatic heterocycles. The number of para-hydroxylation sites is 1. The fraction of sp³-hybridized carbons (Fsp3) is 0.400. The number of thioether (sulfide) groups is 1. The molecule has 1 N–H and O–H groups in total. The van der Waals surface area contributed by atoms with Gasteiger partial charge in [-0.1, -0.05) is 30.0 Å². The molecular weight excluding hydrogens is 333 g/mol. The summed E-state index contributed by atoms with van der Waals surface area (Å²) in [4.78, 5) is 6.54. The highest BCUT2D eigenvalue weighted by Gasteiger charge is 2.41. The highest BCUT2D eigenvalue weighted by molar-refractivity contribution is 8.00. The van der Waals surface area contributed by atoms with E-state index in [0.29, 0.717) is 11.5 Å². The molecule has 0 amide bonds.